The van der Waals surface area contributed by atoms with Crippen LogP contribution >= 0.6 is 11.7 Å². The van der Waals surface area contributed by atoms with Gasteiger partial charge < -0.3 is 9.47 Å². The Kier molecular flexibility index (Phi) is 3.10. The number of hydrogen-bond donors (Lipinski definition) is 0. The van der Waals surface area contributed by atoms with Gasteiger partial charge in [0.25, 0.3) is 11.8 Å². The van der Waals surface area contributed by atoms with Gasteiger partial charge in [-0.2, -0.15) is 0 Å². The van der Waals surface area contributed by atoms with Crippen LogP contribution in [-0.4, -0.2) is 21.5 Å². The molecular weight excluding hydrogens is 260 g/mol. The largest absolute Gasteiger partial charge is 0.473 e. The van der Waals surface area contributed by atoms with E-state index in [1.54, 1.807) is 0 Å². The summed E-state index contributed by atoms with van der Waals surface area (Å²) in [6.07, 6.45) is 9.50. The van der Waals surface area contributed by atoms with Crippen molar-refractivity contribution in [2.24, 2.45) is 17.8 Å². The van der Waals surface area contributed by atoms with Gasteiger partial charge in [-0.1, -0.05) is 12.8 Å². The summed E-state index contributed by atoms with van der Waals surface area (Å²) < 4.78 is 20.3. The molecule has 3 fully saturated rings. The number of fused-ring (bicyclic) bond motifs is 2. The summed E-state index contributed by atoms with van der Waals surface area (Å²) in [6.45, 7) is 0.753. The topological polar surface area (TPSA) is 44.2 Å². The van der Waals surface area contributed by atoms with E-state index in [2.05, 4.69) is 8.75 Å². The quantitative estimate of drug-likeness (QED) is 0.802. The first-order valence-corrected chi connectivity index (χ1v) is 8.23. The third kappa shape index (κ3) is 2.57. The Hall–Kier alpha value is -0.840. The fourth-order valence-electron chi connectivity index (χ4n) is 3.54. The fraction of sp³-hybridized carbons (Fsp3) is 0.857. The Morgan fingerprint density at radius 1 is 1.05 bits per heavy atom. The van der Waals surface area contributed by atoms with E-state index in [9.17, 15) is 0 Å². The van der Waals surface area contributed by atoms with Crippen LogP contribution in [0.2, 0.25) is 0 Å². The Morgan fingerprint density at radius 2 is 1.95 bits per heavy atom. The van der Waals surface area contributed by atoms with Crippen molar-refractivity contribution in [1.82, 2.24) is 8.75 Å². The monoisotopic (exact) mass is 280 g/mol. The molecule has 1 heterocycles. The first-order chi connectivity index (χ1) is 9.38. The lowest BCUT2D eigenvalue weighted by Crippen LogP contribution is -2.23. The lowest BCUT2D eigenvalue weighted by Gasteiger charge is -2.21. The number of rotatable bonds is 6. The highest BCUT2D eigenvalue weighted by Gasteiger charge is 2.41. The van der Waals surface area contributed by atoms with Crippen molar-refractivity contribution < 1.29 is 9.47 Å². The minimum atomic E-state index is 0.355. The Morgan fingerprint density at radius 3 is 2.68 bits per heavy atom. The lowest BCUT2D eigenvalue weighted by atomic mass is 9.98. The van der Waals surface area contributed by atoms with Crippen LogP contribution in [0, 0.1) is 17.8 Å². The summed E-state index contributed by atoms with van der Waals surface area (Å²) in [5, 5.41) is 0. The molecule has 0 aliphatic heterocycles. The van der Waals surface area contributed by atoms with Crippen LogP contribution in [0.25, 0.3) is 0 Å². The van der Waals surface area contributed by atoms with Crippen molar-refractivity contribution >= 4 is 11.7 Å². The average Bonchev–Trinajstić information content (AvgIpc) is 2.84. The van der Waals surface area contributed by atoms with E-state index in [0.29, 0.717) is 17.9 Å². The molecule has 0 N–H and O–H groups in total. The molecule has 1 aromatic heterocycles. The maximum atomic E-state index is 6.07. The van der Waals surface area contributed by atoms with Gasteiger partial charge in [0.2, 0.25) is 0 Å². The first kappa shape index (κ1) is 11.9. The maximum Gasteiger partial charge on any atom is 0.291 e. The van der Waals surface area contributed by atoms with Crippen molar-refractivity contribution in [2.45, 2.75) is 51.0 Å². The minimum Gasteiger partial charge on any atom is -0.473 e. The molecule has 19 heavy (non-hydrogen) atoms. The van der Waals surface area contributed by atoms with E-state index in [-0.39, 0.29) is 0 Å². The smallest absolute Gasteiger partial charge is 0.291 e. The zero-order chi connectivity index (χ0) is 12.7. The van der Waals surface area contributed by atoms with Gasteiger partial charge in [-0.3, -0.25) is 0 Å². The molecule has 0 saturated heterocycles. The molecule has 0 amide bonds. The summed E-state index contributed by atoms with van der Waals surface area (Å²) in [4.78, 5) is 0. The molecule has 4 nitrogen and oxygen atoms in total. The third-order valence-corrected chi connectivity index (χ3v) is 5.32. The predicted octanol–water partition coefficient (Wildman–Crippen LogP) is 3.28. The van der Waals surface area contributed by atoms with Crippen LogP contribution in [0.5, 0.6) is 11.8 Å². The van der Waals surface area contributed by atoms with Gasteiger partial charge in [-0.25, -0.2) is 0 Å². The van der Waals surface area contributed by atoms with E-state index in [1.165, 1.54) is 50.3 Å². The highest BCUT2D eigenvalue weighted by atomic mass is 32.1. The van der Waals surface area contributed by atoms with Crippen LogP contribution < -0.4 is 9.47 Å². The zero-order valence-corrected chi connectivity index (χ0v) is 11.9. The van der Waals surface area contributed by atoms with Gasteiger partial charge in [-0.05, 0) is 49.9 Å². The van der Waals surface area contributed by atoms with Gasteiger partial charge >= 0.3 is 0 Å². The number of aromatic nitrogens is 2. The maximum absolute atomic E-state index is 6.07. The van der Waals surface area contributed by atoms with Crippen molar-refractivity contribution in [2.75, 3.05) is 6.61 Å². The van der Waals surface area contributed by atoms with Gasteiger partial charge in [0.15, 0.2) is 0 Å². The van der Waals surface area contributed by atoms with Crippen molar-refractivity contribution in [3.63, 3.8) is 0 Å². The van der Waals surface area contributed by atoms with E-state index < -0.39 is 0 Å². The van der Waals surface area contributed by atoms with Gasteiger partial charge in [0.05, 0.1) is 18.3 Å². The number of hydrogen-bond acceptors (Lipinski definition) is 5. The molecular formula is C14H20N2O2S. The van der Waals surface area contributed by atoms with Gasteiger partial charge in [0, 0.05) is 0 Å². The lowest BCUT2D eigenvalue weighted by molar-refractivity contribution is 0.126. The van der Waals surface area contributed by atoms with Gasteiger partial charge in [0.1, 0.15) is 6.10 Å². The highest BCUT2D eigenvalue weighted by molar-refractivity contribution is 6.99. The standard InChI is InChI=1S/C14H20N2O2S/c1-2-9(1)5-6-17-13-14(16-19-15-13)18-12-8-10-3-4-11(12)7-10/h9-12H,1-8H2/t10-,11+,12+/m0/s1. The van der Waals surface area contributed by atoms with E-state index >= 15 is 0 Å². The Labute approximate surface area is 117 Å². The molecule has 4 rings (SSSR count). The number of ether oxygens (including phenoxy) is 2. The molecule has 3 saturated carbocycles. The van der Waals surface area contributed by atoms with Crippen LogP contribution in [-0.2, 0) is 0 Å². The minimum absolute atomic E-state index is 0.355. The summed E-state index contributed by atoms with van der Waals surface area (Å²) in [5.41, 5.74) is 0. The second-order valence-corrected chi connectivity index (χ2v) is 6.81. The molecule has 1 aromatic rings. The van der Waals surface area contributed by atoms with Crippen LogP contribution in [0.3, 0.4) is 0 Å². The molecule has 0 spiro atoms. The molecule has 3 aliphatic carbocycles. The summed E-state index contributed by atoms with van der Waals surface area (Å²) >= 11 is 1.19. The summed E-state index contributed by atoms with van der Waals surface area (Å²) in [7, 11) is 0. The van der Waals surface area contributed by atoms with Crippen molar-refractivity contribution in [3.8, 4) is 11.8 Å². The molecule has 0 unspecified atom stereocenters. The normalized spacial score (nSPS) is 32.7. The Bertz CT molecular complexity index is 446. The van der Waals surface area contributed by atoms with E-state index in [1.807, 2.05) is 0 Å². The highest BCUT2D eigenvalue weighted by Crippen LogP contribution is 2.46. The van der Waals surface area contributed by atoms with Crippen molar-refractivity contribution in [1.29, 1.82) is 0 Å². The van der Waals surface area contributed by atoms with Crippen LogP contribution in [0.1, 0.15) is 44.9 Å². The summed E-state index contributed by atoms with van der Waals surface area (Å²) in [6, 6.07) is 0. The first-order valence-electron chi connectivity index (χ1n) is 7.50. The molecule has 0 radical (unpaired) electrons. The van der Waals surface area contributed by atoms with E-state index in [4.69, 9.17) is 9.47 Å². The fourth-order valence-corrected chi connectivity index (χ4v) is 3.98. The molecule has 3 aliphatic rings. The Balaban J connectivity index is 1.34. The molecule has 0 aromatic carbocycles. The van der Waals surface area contributed by atoms with Crippen LogP contribution in [0.15, 0.2) is 0 Å². The molecule has 5 heteroatoms. The molecule has 104 valence electrons. The predicted molar refractivity (Wildman–Crippen MR) is 72.6 cm³/mol. The molecule has 2 bridgehead atoms. The average molecular weight is 280 g/mol. The second-order valence-electron chi connectivity index (χ2n) is 6.29. The molecule has 3 atom stereocenters. The van der Waals surface area contributed by atoms with Crippen molar-refractivity contribution in [3.05, 3.63) is 0 Å². The van der Waals surface area contributed by atoms with Crippen LogP contribution in [0.4, 0.5) is 0 Å². The van der Waals surface area contributed by atoms with Gasteiger partial charge in [-0.15, -0.1) is 8.75 Å². The summed E-state index contributed by atoms with van der Waals surface area (Å²) in [5.74, 6) is 3.78. The second kappa shape index (κ2) is 4.93. The number of nitrogens with zero attached hydrogens (tertiary/aromatic N) is 2. The van der Waals surface area contributed by atoms with E-state index in [0.717, 1.165) is 30.8 Å². The SMILES string of the molecule is C(CC1CC1)Oc1nsnc1O[C@@H]1C[C@H]2CC[C@@H]1C2. The zero-order valence-electron chi connectivity index (χ0n) is 11.1. The third-order valence-electron chi connectivity index (χ3n) is 4.83.